The Kier molecular flexibility index (Phi) is 6.11. The lowest BCUT2D eigenvalue weighted by atomic mass is 10.1. The van der Waals surface area contributed by atoms with E-state index in [2.05, 4.69) is 15.4 Å². The van der Waals surface area contributed by atoms with Crippen molar-refractivity contribution in [1.82, 2.24) is 24.8 Å². The number of aromatic nitrogens is 3. The van der Waals surface area contributed by atoms with E-state index in [1.807, 2.05) is 0 Å². The van der Waals surface area contributed by atoms with Gasteiger partial charge in [0.1, 0.15) is 23.8 Å². The summed E-state index contributed by atoms with van der Waals surface area (Å²) in [6.07, 6.45) is -5.38. The first-order valence-electron chi connectivity index (χ1n) is 10.6. The minimum absolute atomic E-state index is 0.0550. The summed E-state index contributed by atoms with van der Waals surface area (Å²) >= 11 is 0. The van der Waals surface area contributed by atoms with Gasteiger partial charge < -0.3 is 16.0 Å². The number of nitrogens with one attached hydrogen (secondary N) is 1. The highest BCUT2D eigenvalue weighted by Gasteiger charge is 2.38. The summed E-state index contributed by atoms with van der Waals surface area (Å²) in [5.74, 6) is -2.79. The Labute approximate surface area is 195 Å². The zero-order chi connectivity index (χ0) is 25.7. The van der Waals surface area contributed by atoms with Crippen LogP contribution in [-0.2, 0) is 11.0 Å². The van der Waals surface area contributed by atoms with Gasteiger partial charge in [-0.3, -0.25) is 9.59 Å². The van der Waals surface area contributed by atoms with Gasteiger partial charge in [-0.1, -0.05) is 13.8 Å². The quantitative estimate of drug-likeness (QED) is 0.541. The second kappa shape index (κ2) is 8.78. The molecular formula is C22H21F5N6O2. The van der Waals surface area contributed by atoms with Gasteiger partial charge in [-0.2, -0.15) is 18.3 Å². The van der Waals surface area contributed by atoms with Crippen LogP contribution >= 0.6 is 0 Å². The number of nitrogen functional groups attached to an aromatic ring is 1. The average Bonchev–Trinajstić information content (AvgIpc) is 3.34. The fourth-order valence-corrected chi connectivity index (χ4v) is 4.06. The number of hydrogen-bond acceptors (Lipinski definition) is 5. The third-order valence-electron chi connectivity index (χ3n) is 5.71. The largest absolute Gasteiger partial charge is 0.418 e. The first-order chi connectivity index (χ1) is 16.4. The molecule has 1 fully saturated rings. The molecule has 2 amide bonds. The van der Waals surface area contributed by atoms with E-state index in [4.69, 9.17) is 5.73 Å². The molecule has 2 atom stereocenters. The van der Waals surface area contributed by atoms with Gasteiger partial charge in [0.05, 0.1) is 23.8 Å². The number of fused-ring (bicyclic) bond motifs is 1. The zero-order valence-electron chi connectivity index (χ0n) is 18.6. The lowest BCUT2D eigenvalue weighted by Gasteiger charge is -2.18. The molecule has 1 aliphatic rings. The Morgan fingerprint density at radius 1 is 1.17 bits per heavy atom. The standard InChI is InChI=1S/C22H21F5N6O2/c1-10(2)21(35)32-7-15(24)16(8-32)31-20(34)12-3-11(4-13(23)5-12)17-6-14(22(25,26)27)18-19(28)29-9-30-33(17)18/h3-6,9-10,15-16H,7-8H2,1-2H3,(H,31,34)(H2,28,29,30)/t15-,16+/m0/s1. The van der Waals surface area contributed by atoms with Gasteiger partial charge in [0, 0.05) is 23.6 Å². The molecule has 3 heterocycles. The van der Waals surface area contributed by atoms with Gasteiger partial charge in [0.2, 0.25) is 5.91 Å². The zero-order valence-corrected chi connectivity index (χ0v) is 18.6. The van der Waals surface area contributed by atoms with E-state index in [1.165, 1.54) is 4.90 Å². The SMILES string of the molecule is CC(C)C(=O)N1C[C@H](F)[C@H](NC(=O)c2cc(F)cc(-c3cc(C(F)(F)F)c4c(N)ncnn34)c2)C1. The Morgan fingerprint density at radius 3 is 2.54 bits per heavy atom. The number of benzene rings is 1. The monoisotopic (exact) mass is 496 g/mol. The van der Waals surface area contributed by atoms with Crippen molar-refractivity contribution in [2.75, 3.05) is 18.8 Å². The molecule has 2 aromatic heterocycles. The maximum absolute atomic E-state index is 14.5. The third kappa shape index (κ3) is 4.62. The summed E-state index contributed by atoms with van der Waals surface area (Å²) in [6, 6.07) is 2.70. The second-order valence-electron chi connectivity index (χ2n) is 8.57. The normalized spacial score (nSPS) is 18.5. The molecule has 3 aromatic rings. The Morgan fingerprint density at radius 2 is 1.89 bits per heavy atom. The highest BCUT2D eigenvalue weighted by Crippen LogP contribution is 2.38. The Balaban J connectivity index is 1.67. The topological polar surface area (TPSA) is 106 Å². The molecule has 3 N–H and O–H groups in total. The third-order valence-corrected chi connectivity index (χ3v) is 5.71. The van der Waals surface area contributed by atoms with Crippen LogP contribution in [0.5, 0.6) is 0 Å². The van der Waals surface area contributed by atoms with Crippen molar-refractivity contribution in [2.24, 2.45) is 5.92 Å². The van der Waals surface area contributed by atoms with Crippen LogP contribution in [0.3, 0.4) is 0 Å². The van der Waals surface area contributed by atoms with Crippen LogP contribution in [0.4, 0.5) is 27.8 Å². The predicted octanol–water partition coefficient (Wildman–Crippen LogP) is 3.07. The molecule has 0 radical (unpaired) electrons. The van der Waals surface area contributed by atoms with E-state index in [9.17, 15) is 31.5 Å². The van der Waals surface area contributed by atoms with Gasteiger partial charge in [0.25, 0.3) is 5.91 Å². The number of hydrogen-bond donors (Lipinski definition) is 2. The number of carbonyl (C=O) groups is 2. The van der Waals surface area contributed by atoms with E-state index in [-0.39, 0.29) is 41.7 Å². The molecule has 1 saturated heterocycles. The smallest absolute Gasteiger partial charge is 0.382 e. The fraction of sp³-hybridized carbons (Fsp3) is 0.364. The van der Waals surface area contributed by atoms with E-state index < -0.39 is 47.0 Å². The molecule has 1 aliphatic heterocycles. The van der Waals surface area contributed by atoms with Crippen molar-refractivity contribution in [3.05, 3.63) is 47.5 Å². The molecule has 0 unspecified atom stereocenters. The van der Waals surface area contributed by atoms with E-state index >= 15 is 0 Å². The molecule has 8 nitrogen and oxygen atoms in total. The van der Waals surface area contributed by atoms with Crippen molar-refractivity contribution in [1.29, 1.82) is 0 Å². The van der Waals surface area contributed by atoms with Crippen molar-refractivity contribution < 1.29 is 31.5 Å². The molecule has 4 rings (SSSR count). The second-order valence-corrected chi connectivity index (χ2v) is 8.57. The number of anilines is 1. The van der Waals surface area contributed by atoms with Crippen LogP contribution in [0.2, 0.25) is 0 Å². The Hall–Kier alpha value is -3.77. The van der Waals surface area contributed by atoms with E-state index in [1.54, 1.807) is 13.8 Å². The number of carbonyl (C=O) groups excluding carboxylic acids is 2. The summed E-state index contributed by atoms with van der Waals surface area (Å²) in [5, 5.41) is 6.25. The molecule has 186 valence electrons. The average molecular weight is 496 g/mol. The molecule has 1 aromatic carbocycles. The van der Waals surface area contributed by atoms with Crippen LogP contribution in [0.15, 0.2) is 30.6 Å². The van der Waals surface area contributed by atoms with Crippen LogP contribution in [0.25, 0.3) is 16.8 Å². The Bertz CT molecular complexity index is 1310. The maximum Gasteiger partial charge on any atom is 0.418 e. The number of halogens is 5. The molecule has 0 aliphatic carbocycles. The molecule has 0 spiro atoms. The van der Waals surface area contributed by atoms with Crippen molar-refractivity contribution in [2.45, 2.75) is 32.2 Å². The van der Waals surface area contributed by atoms with Crippen LogP contribution in [0.1, 0.15) is 29.8 Å². The minimum atomic E-state index is -4.80. The summed E-state index contributed by atoms with van der Waals surface area (Å²) in [6.45, 7) is 3.10. The van der Waals surface area contributed by atoms with Crippen LogP contribution in [0, 0.1) is 11.7 Å². The number of amides is 2. The van der Waals surface area contributed by atoms with E-state index in [0.717, 1.165) is 35.1 Å². The lowest BCUT2D eigenvalue weighted by molar-refractivity contribution is -0.136. The number of likely N-dealkylation sites (tertiary alicyclic amines) is 1. The van der Waals surface area contributed by atoms with Gasteiger partial charge in [-0.25, -0.2) is 18.3 Å². The van der Waals surface area contributed by atoms with Crippen molar-refractivity contribution >= 4 is 23.1 Å². The van der Waals surface area contributed by atoms with E-state index in [0.29, 0.717) is 0 Å². The van der Waals surface area contributed by atoms with Crippen LogP contribution < -0.4 is 11.1 Å². The van der Waals surface area contributed by atoms with Gasteiger partial charge >= 0.3 is 6.18 Å². The summed E-state index contributed by atoms with van der Waals surface area (Å²) in [4.78, 5) is 29.8. The highest BCUT2D eigenvalue weighted by atomic mass is 19.4. The number of rotatable bonds is 4. The summed E-state index contributed by atoms with van der Waals surface area (Å²) in [5.41, 5.74) is 3.50. The predicted molar refractivity (Wildman–Crippen MR) is 115 cm³/mol. The first kappa shape index (κ1) is 24.4. The maximum atomic E-state index is 14.5. The molecular weight excluding hydrogens is 475 g/mol. The molecule has 0 saturated carbocycles. The minimum Gasteiger partial charge on any atom is -0.382 e. The van der Waals surface area contributed by atoms with Gasteiger partial charge in [-0.15, -0.1) is 0 Å². The van der Waals surface area contributed by atoms with Gasteiger partial charge in [-0.05, 0) is 24.3 Å². The van der Waals surface area contributed by atoms with Crippen molar-refractivity contribution in [3.8, 4) is 11.3 Å². The van der Waals surface area contributed by atoms with Gasteiger partial charge in [0.15, 0.2) is 5.82 Å². The molecule has 13 heteroatoms. The summed E-state index contributed by atoms with van der Waals surface area (Å²) in [7, 11) is 0. The highest BCUT2D eigenvalue weighted by molar-refractivity contribution is 5.96. The number of nitrogens with two attached hydrogens (primary N) is 1. The number of nitrogens with zero attached hydrogens (tertiary/aromatic N) is 4. The fourth-order valence-electron chi connectivity index (χ4n) is 4.06. The first-order valence-corrected chi connectivity index (χ1v) is 10.6. The van der Waals surface area contributed by atoms with Crippen LogP contribution in [-0.4, -0.2) is 56.6 Å². The lowest BCUT2D eigenvalue weighted by Crippen LogP contribution is -2.42. The van der Waals surface area contributed by atoms with Crippen molar-refractivity contribution in [3.63, 3.8) is 0 Å². The molecule has 35 heavy (non-hydrogen) atoms. The number of alkyl halides is 4. The molecule has 0 bridgehead atoms. The summed E-state index contributed by atoms with van der Waals surface area (Å²) < 4.78 is 70.6.